The van der Waals surface area contributed by atoms with Gasteiger partial charge in [0.15, 0.2) is 0 Å². The van der Waals surface area contributed by atoms with Gasteiger partial charge in [-0.25, -0.2) is 0 Å². The lowest BCUT2D eigenvalue weighted by molar-refractivity contribution is 0.281. The summed E-state index contributed by atoms with van der Waals surface area (Å²) in [5, 5.41) is 18.0. The third kappa shape index (κ3) is 3.76. The molecule has 0 radical (unpaired) electrons. The Kier molecular flexibility index (Phi) is 5.52. The molecule has 94 valence electrons. The second-order valence-corrected chi connectivity index (χ2v) is 3.81. The number of benzene rings is 1. The summed E-state index contributed by atoms with van der Waals surface area (Å²) < 4.78 is 0. The SMILES string of the molecule is C=CCc1cc(N(CCO)CCO)ccc1N. The molecule has 1 aromatic carbocycles. The van der Waals surface area contributed by atoms with Crippen LogP contribution in [0.3, 0.4) is 0 Å². The Morgan fingerprint density at radius 2 is 1.88 bits per heavy atom. The predicted molar refractivity (Wildman–Crippen MR) is 71.1 cm³/mol. The minimum absolute atomic E-state index is 0.0567. The molecule has 17 heavy (non-hydrogen) atoms. The molecule has 0 spiro atoms. The largest absolute Gasteiger partial charge is 0.398 e. The van der Waals surface area contributed by atoms with Crippen molar-refractivity contribution in [2.45, 2.75) is 6.42 Å². The molecule has 0 saturated carbocycles. The Morgan fingerprint density at radius 1 is 1.24 bits per heavy atom. The molecular weight excluding hydrogens is 216 g/mol. The summed E-state index contributed by atoms with van der Waals surface area (Å²) in [5.74, 6) is 0. The van der Waals surface area contributed by atoms with E-state index in [4.69, 9.17) is 15.9 Å². The van der Waals surface area contributed by atoms with E-state index in [1.807, 2.05) is 23.1 Å². The van der Waals surface area contributed by atoms with Gasteiger partial charge in [-0.05, 0) is 30.2 Å². The summed E-state index contributed by atoms with van der Waals surface area (Å²) >= 11 is 0. The molecule has 0 bridgehead atoms. The van der Waals surface area contributed by atoms with Crippen molar-refractivity contribution in [2.75, 3.05) is 36.9 Å². The topological polar surface area (TPSA) is 69.7 Å². The fraction of sp³-hybridized carbons (Fsp3) is 0.385. The standard InChI is InChI=1S/C13H20N2O2/c1-2-3-11-10-12(4-5-13(11)14)15(6-8-16)7-9-17/h2,4-5,10,16-17H,1,3,6-9,14H2. The first-order chi connectivity index (χ1) is 8.22. The van der Waals surface area contributed by atoms with Crippen molar-refractivity contribution in [1.82, 2.24) is 0 Å². The van der Waals surface area contributed by atoms with Gasteiger partial charge in [-0.2, -0.15) is 0 Å². The third-order valence-corrected chi connectivity index (χ3v) is 2.60. The van der Waals surface area contributed by atoms with Gasteiger partial charge in [0, 0.05) is 24.5 Å². The number of nitrogens with zero attached hydrogens (tertiary/aromatic N) is 1. The van der Waals surface area contributed by atoms with Crippen LogP contribution in [0.4, 0.5) is 11.4 Å². The normalized spacial score (nSPS) is 10.2. The van der Waals surface area contributed by atoms with E-state index in [1.165, 1.54) is 0 Å². The monoisotopic (exact) mass is 236 g/mol. The molecule has 4 N–H and O–H groups in total. The van der Waals surface area contributed by atoms with Crippen molar-refractivity contribution in [2.24, 2.45) is 0 Å². The Hall–Kier alpha value is -1.52. The summed E-state index contributed by atoms with van der Waals surface area (Å²) in [6, 6.07) is 5.71. The quantitative estimate of drug-likeness (QED) is 0.483. The fourth-order valence-corrected chi connectivity index (χ4v) is 1.73. The Morgan fingerprint density at radius 3 is 2.41 bits per heavy atom. The number of aliphatic hydroxyl groups is 2. The second-order valence-electron chi connectivity index (χ2n) is 3.81. The molecule has 4 heteroatoms. The molecule has 0 aromatic heterocycles. The highest BCUT2D eigenvalue weighted by Gasteiger charge is 2.07. The third-order valence-electron chi connectivity index (χ3n) is 2.60. The molecule has 0 aliphatic heterocycles. The van der Waals surface area contributed by atoms with Gasteiger partial charge in [0.05, 0.1) is 13.2 Å². The first kappa shape index (κ1) is 13.5. The van der Waals surface area contributed by atoms with E-state index in [2.05, 4.69) is 6.58 Å². The average Bonchev–Trinajstić information content (AvgIpc) is 2.32. The van der Waals surface area contributed by atoms with Crippen LogP contribution in [0.1, 0.15) is 5.56 Å². The zero-order valence-electron chi connectivity index (χ0n) is 9.97. The maximum absolute atomic E-state index is 8.99. The molecule has 0 saturated heterocycles. The number of rotatable bonds is 7. The summed E-state index contributed by atoms with van der Waals surface area (Å²) in [6.45, 7) is 4.80. The average molecular weight is 236 g/mol. The molecule has 4 nitrogen and oxygen atoms in total. The van der Waals surface area contributed by atoms with Gasteiger partial charge in [-0.15, -0.1) is 6.58 Å². The number of aliphatic hydroxyl groups excluding tert-OH is 2. The van der Waals surface area contributed by atoms with Crippen molar-refractivity contribution in [3.05, 3.63) is 36.4 Å². The van der Waals surface area contributed by atoms with E-state index >= 15 is 0 Å². The van der Waals surface area contributed by atoms with E-state index in [9.17, 15) is 0 Å². The van der Waals surface area contributed by atoms with Gasteiger partial charge in [-0.1, -0.05) is 6.08 Å². The molecule has 0 aliphatic rings. The molecule has 0 heterocycles. The van der Waals surface area contributed by atoms with Gasteiger partial charge in [0.1, 0.15) is 0 Å². The fourth-order valence-electron chi connectivity index (χ4n) is 1.73. The van der Waals surface area contributed by atoms with Crippen LogP contribution >= 0.6 is 0 Å². The number of hydrogen-bond acceptors (Lipinski definition) is 4. The van der Waals surface area contributed by atoms with Crippen LogP contribution in [0.25, 0.3) is 0 Å². The number of allylic oxidation sites excluding steroid dienone is 1. The molecule has 0 atom stereocenters. The zero-order chi connectivity index (χ0) is 12.7. The summed E-state index contributed by atoms with van der Waals surface area (Å²) in [4.78, 5) is 1.92. The molecule has 1 aromatic rings. The van der Waals surface area contributed by atoms with Crippen LogP contribution in [0.5, 0.6) is 0 Å². The number of nitrogen functional groups attached to an aromatic ring is 1. The minimum Gasteiger partial charge on any atom is -0.398 e. The van der Waals surface area contributed by atoms with Crippen LogP contribution in [-0.4, -0.2) is 36.5 Å². The predicted octanol–water partition coefficient (Wildman–Crippen LogP) is 0.788. The van der Waals surface area contributed by atoms with Gasteiger partial charge in [-0.3, -0.25) is 0 Å². The number of hydrogen-bond donors (Lipinski definition) is 3. The smallest absolute Gasteiger partial charge is 0.0606 e. The zero-order valence-corrected chi connectivity index (χ0v) is 9.97. The molecular formula is C13H20N2O2. The summed E-state index contributed by atoms with van der Waals surface area (Å²) in [7, 11) is 0. The maximum atomic E-state index is 8.99. The molecule has 0 unspecified atom stereocenters. The first-order valence-electron chi connectivity index (χ1n) is 5.69. The van der Waals surface area contributed by atoms with Crippen LogP contribution in [0.2, 0.25) is 0 Å². The van der Waals surface area contributed by atoms with E-state index in [0.717, 1.165) is 16.9 Å². The van der Waals surface area contributed by atoms with E-state index in [1.54, 1.807) is 6.08 Å². The van der Waals surface area contributed by atoms with Crippen LogP contribution in [0, 0.1) is 0 Å². The second kappa shape index (κ2) is 6.93. The highest BCUT2D eigenvalue weighted by Crippen LogP contribution is 2.21. The highest BCUT2D eigenvalue weighted by atomic mass is 16.3. The summed E-state index contributed by atoms with van der Waals surface area (Å²) in [5.41, 5.74) is 8.57. The highest BCUT2D eigenvalue weighted by molar-refractivity contribution is 5.59. The molecule has 1 rings (SSSR count). The van der Waals surface area contributed by atoms with Gasteiger partial charge < -0.3 is 20.8 Å². The lowest BCUT2D eigenvalue weighted by atomic mass is 10.1. The van der Waals surface area contributed by atoms with Gasteiger partial charge in [0.2, 0.25) is 0 Å². The number of nitrogens with two attached hydrogens (primary N) is 1. The Labute approximate surface area is 102 Å². The lowest BCUT2D eigenvalue weighted by Crippen LogP contribution is -2.29. The first-order valence-corrected chi connectivity index (χ1v) is 5.69. The summed E-state index contributed by atoms with van der Waals surface area (Å²) in [6.07, 6.45) is 2.52. The van der Waals surface area contributed by atoms with Gasteiger partial charge >= 0.3 is 0 Å². The maximum Gasteiger partial charge on any atom is 0.0606 e. The van der Waals surface area contributed by atoms with Gasteiger partial charge in [0.25, 0.3) is 0 Å². The van der Waals surface area contributed by atoms with Crippen LogP contribution in [-0.2, 0) is 6.42 Å². The van der Waals surface area contributed by atoms with Crippen molar-refractivity contribution in [1.29, 1.82) is 0 Å². The van der Waals surface area contributed by atoms with E-state index in [-0.39, 0.29) is 13.2 Å². The Balaban J connectivity index is 2.94. The number of anilines is 2. The Bertz CT molecular complexity index is 360. The lowest BCUT2D eigenvalue weighted by Gasteiger charge is -2.23. The van der Waals surface area contributed by atoms with Crippen LogP contribution in [0.15, 0.2) is 30.9 Å². The van der Waals surface area contributed by atoms with Crippen molar-refractivity contribution >= 4 is 11.4 Å². The van der Waals surface area contributed by atoms with Crippen LogP contribution < -0.4 is 10.6 Å². The molecule has 0 amide bonds. The molecule has 0 fully saturated rings. The van der Waals surface area contributed by atoms with E-state index < -0.39 is 0 Å². The van der Waals surface area contributed by atoms with Crippen molar-refractivity contribution in [3.8, 4) is 0 Å². The molecule has 0 aliphatic carbocycles. The van der Waals surface area contributed by atoms with Crippen molar-refractivity contribution in [3.63, 3.8) is 0 Å². The van der Waals surface area contributed by atoms with E-state index in [0.29, 0.717) is 19.5 Å². The minimum atomic E-state index is 0.0567. The van der Waals surface area contributed by atoms with Crippen molar-refractivity contribution < 1.29 is 10.2 Å².